The Labute approximate surface area is 62.2 Å². The molecule has 11 heavy (non-hydrogen) atoms. The van der Waals surface area contributed by atoms with Crippen LogP contribution in [0, 0.1) is 0 Å². The van der Waals surface area contributed by atoms with Gasteiger partial charge in [-0.3, -0.25) is 4.79 Å². The van der Waals surface area contributed by atoms with Crippen LogP contribution in [0.5, 0.6) is 0 Å². The van der Waals surface area contributed by atoms with Crippen molar-refractivity contribution in [1.82, 2.24) is 0 Å². The molecule has 1 amide bonds. The van der Waals surface area contributed by atoms with Crippen molar-refractivity contribution in [2.75, 3.05) is 0 Å². The zero-order valence-electron chi connectivity index (χ0n) is 5.54. The maximum Gasteiger partial charge on any atom is 0.249 e. The molecular weight excluding hydrogens is 154 g/mol. The van der Waals surface area contributed by atoms with Crippen molar-refractivity contribution in [2.24, 2.45) is 5.73 Å². The molecular formula is C5H9NO5. The van der Waals surface area contributed by atoms with Gasteiger partial charge in [-0.25, -0.2) is 0 Å². The molecule has 0 aromatic carbocycles. The minimum absolute atomic E-state index is 0.00315. The highest BCUT2D eigenvalue weighted by atomic mass is 16.4. The summed E-state index contributed by atoms with van der Waals surface area (Å²) < 4.78 is 0. The van der Waals surface area contributed by atoms with Gasteiger partial charge in [0, 0.05) is 0 Å². The zero-order valence-corrected chi connectivity index (χ0v) is 5.54. The summed E-state index contributed by atoms with van der Waals surface area (Å²) >= 11 is 0. The van der Waals surface area contributed by atoms with Crippen molar-refractivity contribution in [1.29, 1.82) is 0 Å². The number of aldehydes is 1. The number of nitrogens with two attached hydrogens (primary N) is 1. The Bertz CT molecular complexity index is 159. The molecule has 3 unspecified atom stereocenters. The van der Waals surface area contributed by atoms with Crippen molar-refractivity contribution in [2.45, 2.75) is 18.3 Å². The van der Waals surface area contributed by atoms with Crippen LogP contribution in [-0.4, -0.2) is 45.8 Å². The molecule has 0 aromatic rings. The molecule has 0 aliphatic heterocycles. The van der Waals surface area contributed by atoms with E-state index in [-0.39, 0.29) is 6.29 Å². The summed E-state index contributed by atoms with van der Waals surface area (Å²) in [6.07, 6.45) is -5.57. The molecule has 6 nitrogen and oxygen atoms in total. The Hall–Kier alpha value is -0.980. The van der Waals surface area contributed by atoms with E-state index in [0.717, 1.165) is 0 Å². The van der Waals surface area contributed by atoms with Gasteiger partial charge in [0.2, 0.25) is 5.91 Å². The van der Waals surface area contributed by atoms with E-state index in [0.29, 0.717) is 0 Å². The third-order valence-electron chi connectivity index (χ3n) is 1.10. The summed E-state index contributed by atoms with van der Waals surface area (Å²) in [7, 11) is 0. The van der Waals surface area contributed by atoms with Gasteiger partial charge in [0.1, 0.15) is 12.2 Å². The zero-order chi connectivity index (χ0) is 9.02. The van der Waals surface area contributed by atoms with Crippen LogP contribution in [0.4, 0.5) is 0 Å². The second kappa shape index (κ2) is 4.02. The molecule has 64 valence electrons. The molecule has 0 radical (unpaired) electrons. The monoisotopic (exact) mass is 163 g/mol. The van der Waals surface area contributed by atoms with Crippen LogP contribution in [0.15, 0.2) is 0 Å². The van der Waals surface area contributed by atoms with Crippen LogP contribution in [-0.2, 0) is 9.59 Å². The third kappa shape index (κ3) is 2.62. The quantitative estimate of drug-likeness (QED) is 0.324. The molecule has 5 N–H and O–H groups in total. The number of rotatable bonds is 4. The van der Waals surface area contributed by atoms with E-state index in [4.69, 9.17) is 15.3 Å². The maximum atomic E-state index is 10.1. The van der Waals surface area contributed by atoms with Crippen LogP contribution in [0.25, 0.3) is 0 Å². The lowest BCUT2D eigenvalue weighted by Crippen LogP contribution is -2.45. The maximum absolute atomic E-state index is 10.1. The Morgan fingerprint density at radius 3 is 2.09 bits per heavy atom. The van der Waals surface area contributed by atoms with E-state index in [1.54, 1.807) is 0 Å². The largest absolute Gasteiger partial charge is 0.387 e. The van der Waals surface area contributed by atoms with Gasteiger partial charge in [0.15, 0.2) is 12.4 Å². The molecule has 0 saturated carbocycles. The van der Waals surface area contributed by atoms with Crippen LogP contribution in [0.3, 0.4) is 0 Å². The predicted molar refractivity (Wildman–Crippen MR) is 33.3 cm³/mol. The average Bonchev–Trinajstić information content (AvgIpc) is 2.00. The summed E-state index contributed by atoms with van der Waals surface area (Å²) in [5, 5.41) is 25.9. The summed E-state index contributed by atoms with van der Waals surface area (Å²) in [5.74, 6) is -1.20. The number of hydrogen-bond donors (Lipinski definition) is 4. The highest BCUT2D eigenvalue weighted by molar-refractivity contribution is 5.80. The highest BCUT2D eigenvalue weighted by Crippen LogP contribution is 1.96. The molecule has 0 fully saturated rings. The van der Waals surface area contributed by atoms with E-state index in [1.165, 1.54) is 0 Å². The second-order valence-corrected chi connectivity index (χ2v) is 1.96. The van der Waals surface area contributed by atoms with Crippen molar-refractivity contribution >= 4 is 12.2 Å². The van der Waals surface area contributed by atoms with E-state index in [2.05, 4.69) is 5.73 Å². The highest BCUT2D eigenvalue weighted by Gasteiger charge is 2.27. The van der Waals surface area contributed by atoms with Crippen molar-refractivity contribution < 1.29 is 24.9 Å². The predicted octanol–water partition coefficient (Wildman–Crippen LogP) is -3.25. The van der Waals surface area contributed by atoms with Gasteiger partial charge in [0.05, 0.1) is 0 Å². The fourth-order valence-corrected chi connectivity index (χ4v) is 0.436. The molecule has 6 heteroatoms. The molecule has 0 aliphatic carbocycles. The molecule has 0 bridgehead atoms. The first kappa shape index (κ1) is 10.0. The SMILES string of the molecule is NC(=O)C(O)C(O)C(O)C=O. The molecule has 0 aromatic heterocycles. The van der Waals surface area contributed by atoms with Gasteiger partial charge in [-0.05, 0) is 0 Å². The number of amides is 1. The Morgan fingerprint density at radius 1 is 1.36 bits per heavy atom. The third-order valence-corrected chi connectivity index (χ3v) is 1.10. The number of aliphatic hydroxyl groups excluding tert-OH is 3. The van der Waals surface area contributed by atoms with E-state index < -0.39 is 24.2 Å². The first-order valence-corrected chi connectivity index (χ1v) is 2.79. The summed E-state index contributed by atoms with van der Waals surface area (Å²) in [4.78, 5) is 19.9. The van der Waals surface area contributed by atoms with Crippen LogP contribution in [0.2, 0.25) is 0 Å². The van der Waals surface area contributed by atoms with Crippen molar-refractivity contribution in [3.8, 4) is 0 Å². The first-order valence-electron chi connectivity index (χ1n) is 2.79. The Morgan fingerprint density at radius 2 is 1.82 bits per heavy atom. The van der Waals surface area contributed by atoms with Gasteiger partial charge < -0.3 is 25.8 Å². The van der Waals surface area contributed by atoms with E-state index >= 15 is 0 Å². The topological polar surface area (TPSA) is 121 Å². The fourth-order valence-electron chi connectivity index (χ4n) is 0.436. The lowest BCUT2D eigenvalue weighted by molar-refractivity contribution is -0.140. The molecule has 3 atom stereocenters. The molecule has 0 rings (SSSR count). The molecule has 0 heterocycles. The standard InChI is InChI=1S/C5H9NO5/c6-5(11)4(10)3(9)2(8)1-7/h1-4,8-10H,(H2,6,11). The first-order chi connectivity index (χ1) is 5.00. The number of hydrogen-bond acceptors (Lipinski definition) is 5. The van der Waals surface area contributed by atoms with Gasteiger partial charge in [-0.1, -0.05) is 0 Å². The van der Waals surface area contributed by atoms with Crippen LogP contribution < -0.4 is 5.73 Å². The number of carbonyl (C=O) groups excluding carboxylic acids is 2. The number of carbonyl (C=O) groups is 2. The lowest BCUT2D eigenvalue weighted by atomic mass is 10.1. The van der Waals surface area contributed by atoms with Crippen molar-refractivity contribution in [3.05, 3.63) is 0 Å². The number of primary amides is 1. The van der Waals surface area contributed by atoms with Gasteiger partial charge in [-0.15, -0.1) is 0 Å². The van der Waals surface area contributed by atoms with E-state index in [1.807, 2.05) is 0 Å². The van der Waals surface area contributed by atoms with Crippen molar-refractivity contribution in [3.63, 3.8) is 0 Å². The minimum atomic E-state index is -1.92. The fraction of sp³-hybridized carbons (Fsp3) is 0.600. The van der Waals surface area contributed by atoms with Gasteiger partial charge in [0.25, 0.3) is 0 Å². The smallest absolute Gasteiger partial charge is 0.249 e. The molecule has 0 aliphatic rings. The average molecular weight is 163 g/mol. The normalized spacial score (nSPS) is 18.5. The van der Waals surface area contributed by atoms with E-state index in [9.17, 15) is 9.59 Å². The van der Waals surface area contributed by atoms with Crippen LogP contribution >= 0.6 is 0 Å². The second-order valence-electron chi connectivity index (χ2n) is 1.96. The Kier molecular flexibility index (Phi) is 3.66. The summed E-state index contributed by atoms with van der Waals surface area (Å²) in [6.45, 7) is 0. The molecule has 0 saturated heterocycles. The Balaban J connectivity index is 4.11. The molecule has 0 spiro atoms. The van der Waals surface area contributed by atoms with Crippen LogP contribution in [0.1, 0.15) is 0 Å². The number of aliphatic hydroxyl groups is 3. The minimum Gasteiger partial charge on any atom is -0.387 e. The summed E-state index contributed by atoms with van der Waals surface area (Å²) in [6, 6.07) is 0. The van der Waals surface area contributed by atoms with Gasteiger partial charge in [-0.2, -0.15) is 0 Å². The lowest BCUT2D eigenvalue weighted by Gasteiger charge is -2.15. The van der Waals surface area contributed by atoms with Gasteiger partial charge >= 0.3 is 0 Å². The summed E-state index contributed by atoms with van der Waals surface area (Å²) in [5.41, 5.74) is 4.55.